The average molecular weight is 284 g/mol. The van der Waals surface area contributed by atoms with Crippen molar-refractivity contribution < 1.29 is 19.1 Å². The largest absolute Gasteiger partial charge is 0.463 e. The summed E-state index contributed by atoms with van der Waals surface area (Å²) in [5, 5.41) is 0. The summed E-state index contributed by atoms with van der Waals surface area (Å²) in [5.74, 6) is -0.386. The molecule has 0 aromatic rings. The van der Waals surface area contributed by atoms with Gasteiger partial charge >= 0.3 is 11.9 Å². The molecular weight excluding hydrogens is 256 g/mol. The quantitative estimate of drug-likeness (QED) is 0.349. The van der Waals surface area contributed by atoms with Gasteiger partial charge in [-0.05, 0) is 32.1 Å². The summed E-state index contributed by atoms with van der Waals surface area (Å²) in [7, 11) is 0. The second-order valence-electron chi connectivity index (χ2n) is 5.43. The maximum absolute atomic E-state index is 11.4. The minimum absolute atomic E-state index is 0.117. The van der Waals surface area contributed by atoms with Crippen molar-refractivity contribution in [2.45, 2.75) is 65.9 Å². The van der Waals surface area contributed by atoms with Gasteiger partial charge < -0.3 is 9.47 Å². The minimum atomic E-state index is -0.494. The lowest BCUT2D eigenvalue weighted by Crippen LogP contribution is -2.13. The van der Waals surface area contributed by atoms with E-state index in [4.69, 9.17) is 9.47 Å². The number of esters is 2. The van der Waals surface area contributed by atoms with Crippen LogP contribution >= 0.6 is 0 Å². The van der Waals surface area contributed by atoms with E-state index in [2.05, 4.69) is 20.8 Å². The van der Waals surface area contributed by atoms with Crippen molar-refractivity contribution in [3.63, 3.8) is 0 Å². The molecule has 0 fully saturated rings. The Hall–Kier alpha value is -1.32. The summed E-state index contributed by atoms with van der Waals surface area (Å²) in [6.07, 6.45) is 6.95. The number of hydrogen-bond acceptors (Lipinski definition) is 4. The summed E-state index contributed by atoms with van der Waals surface area (Å²) < 4.78 is 10.1. The molecule has 4 nitrogen and oxygen atoms in total. The molecule has 1 atom stereocenters. The molecule has 0 aromatic carbocycles. The van der Waals surface area contributed by atoms with Gasteiger partial charge in [0.1, 0.15) is 0 Å². The van der Waals surface area contributed by atoms with Gasteiger partial charge in [-0.3, -0.25) is 0 Å². The van der Waals surface area contributed by atoms with Crippen LogP contribution in [0.5, 0.6) is 0 Å². The third-order valence-corrected chi connectivity index (χ3v) is 2.81. The zero-order chi connectivity index (χ0) is 15.4. The minimum Gasteiger partial charge on any atom is -0.463 e. The Kier molecular flexibility index (Phi) is 10.7. The monoisotopic (exact) mass is 284 g/mol. The van der Waals surface area contributed by atoms with E-state index in [1.54, 1.807) is 0 Å². The van der Waals surface area contributed by atoms with E-state index in [0.29, 0.717) is 12.5 Å². The summed E-state index contributed by atoms with van der Waals surface area (Å²) in [5.41, 5.74) is 0. The fourth-order valence-corrected chi connectivity index (χ4v) is 1.64. The van der Waals surface area contributed by atoms with Crippen molar-refractivity contribution in [2.24, 2.45) is 5.92 Å². The Morgan fingerprint density at radius 2 is 1.65 bits per heavy atom. The molecule has 0 spiro atoms. The molecule has 0 radical (unpaired) electrons. The molecule has 0 N–H and O–H groups in total. The first-order chi connectivity index (χ1) is 9.45. The maximum Gasteiger partial charge on any atom is 0.331 e. The second kappa shape index (κ2) is 11.5. The van der Waals surface area contributed by atoms with Crippen LogP contribution in [-0.2, 0) is 19.1 Å². The fourth-order valence-electron chi connectivity index (χ4n) is 1.64. The fraction of sp³-hybridized carbons (Fsp3) is 0.750. The van der Waals surface area contributed by atoms with Crippen molar-refractivity contribution in [1.29, 1.82) is 0 Å². The molecular formula is C16H28O4. The molecule has 0 aliphatic carbocycles. The summed E-state index contributed by atoms with van der Waals surface area (Å²) >= 11 is 0. The van der Waals surface area contributed by atoms with Gasteiger partial charge in [-0.15, -0.1) is 0 Å². The van der Waals surface area contributed by atoms with E-state index >= 15 is 0 Å². The summed E-state index contributed by atoms with van der Waals surface area (Å²) in [6.45, 7) is 8.58. The number of hydrogen-bond donors (Lipinski definition) is 0. The lowest BCUT2D eigenvalue weighted by atomic mass is 10.1. The molecule has 0 aliphatic rings. The smallest absolute Gasteiger partial charge is 0.331 e. The Morgan fingerprint density at radius 1 is 1.00 bits per heavy atom. The molecule has 0 heterocycles. The van der Waals surface area contributed by atoms with E-state index in [9.17, 15) is 9.59 Å². The van der Waals surface area contributed by atoms with Crippen LogP contribution < -0.4 is 0 Å². The van der Waals surface area contributed by atoms with Gasteiger partial charge in [0.25, 0.3) is 0 Å². The first kappa shape index (κ1) is 18.7. The highest BCUT2D eigenvalue weighted by molar-refractivity contribution is 5.91. The van der Waals surface area contributed by atoms with Crippen LogP contribution in [0.3, 0.4) is 0 Å². The van der Waals surface area contributed by atoms with E-state index in [0.717, 1.165) is 44.3 Å². The second-order valence-corrected chi connectivity index (χ2v) is 5.43. The Balaban J connectivity index is 3.79. The number of carbonyl (C=O) groups is 2. The van der Waals surface area contributed by atoms with Crippen molar-refractivity contribution in [3.05, 3.63) is 12.2 Å². The zero-order valence-electron chi connectivity index (χ0n) is 13.2. The van der Waals surface area contributed by atoms with Crippen molar-refractivity contribution >= 4 is 11.9 Å². The zero-order valence-corrected chi connectivity index (χ0v) is 13.2. The number of rotatable bonds is 10. The van der Waals surface area contributed by atoms with E-state index in [1.165, 1.54) is 0 Å². The van der Waals surface area contributed by atoms with Gasteiger partial charge in [0.05, 0.1) is 12.7 Å². The van der Waals surface area contributed by atoms with Crippen LogP contribution in [0.1, 0.15) is 59.8 Å². The van der Waals surface area contributed by atoms with Crippen molar-refractivity contribution in [2.75, 3.05) is 6.61 Å². The molecule has 20 heavy (non-hydrogen) atoms. The average Bonchev–Trinajstić information content (AvgIpc) is 2.38. The molecule has 116 valence electrons. The van der Waals surface area contributed by atoms with Crippen molar-refractivity contribution in [3.8, 4) is 0 Å². The van der Waals surface area contributed by atoms with E-state index in [-0.39, 0.29) is 6.10 Å². The standard InChI is InChI=1S/C16H28O4/c1-5-6-9-14(4)20-16(18)11-10-15(17)19-12-7-8-13(2)3/h10-11,13-14H,5-9,12H2,1-4H3/b11-10+. The van der Waals surface area contributed by atoms with Crippen LogP contribution in [0.15, 0.2) is 12.2 Å². The van der Waals surface area contributed by atoms with E-state index in [1.807, 2.05) is 6.92 Å². The first-order valence-corrected chi connectivity index (χ1v) is 7.51. The topological polar surface area (TPSA) is 52.6 Å². The maximum atomic E-state index is 11.4. The van der Waals surface area contributed by atoms with E-state index < -0.39 is 11.9 Å². The predicted octanol–water partition coefficient (Wildman–Crippen LogP) is 3.64. The number of carbonyl (C=O) groups excluding carboxylic acids is 2. The molecule has 0 aliphatic heterocycles. The van der Waals surface area contributed by atoms with Crippen molar-refractivity contribution in [1.82, 2.24) is 0 Å². The lowest BCUT2D eigenvalue weighted by molar-refractivity contribution is -0.143. The Bertz CT molecular complexity index is 308. The molecule has 0 bridgehead atoms. The Morgan fingerprint density at radius 3 is 2.25 bits per heavy atom. The lowest BCUT2D eigenvalue weighted by Gasteiger charge is -2.10. The highest BCUT2D eigenvalue weighted by Crippen LogP contribution is 2.05. The Labute approximate surface area is 122 Å². The van der Waals surface area contributed by atoms with Gasteiger partial charge in [-0.1, -0.05) is 33.6 Å². The van der Waals surface area contributed by atoms with Gasteiger partial charge in [0, 0.05) is 12.2 Å². The van der Waals surface area contributed by atoms with Gasteiger partial charge in [0.15, 0.2) is 0 Å². The molecule has 0 rings (SSSR count). The van der Waals surface area contributed by atoms with Gasteiger partial charge in [-0.2, -0.15) is 0 Å². The predicted molar refractivity (Wildman–Crippen MR) is 79.3 cm³/mol. The van der Waals surface area contributed by atoms with Crippen LogP contribution in [0, 0.1) is 5.92 Å². The molecule has 1 unspecified atom stereocenters. The third-order valence-electron chi connectivity index (χ3n) is 2.81. The number of ether oxygens (including phenoxy) is 2. The first-order valence-electron chi connectivity index (χ1n) is 7.51. The third kappa shape index (κ3) is 11.8. The highest BCUT2D eigenvalue weighted by atomic mass is 16.5. The normalized spacial score (nSPS) is 12.7. The van der Waals surface area contributed by atoms with Gasteiger partial charge in [0.2, 0.25) is 0 Å². The summed E-state index contributed by atoms with van der Waals surface area (Å²) in [6, 6.07) is 0. The van der Waals surface area contributed by atoms with Crippen LogP contribution in [0.4, 0.5) is 0 Å². The van der Waals surface area contributed by atoms with Gasteiger partial charge in [-0.25, -0.2) is 9.59 Å². The highest BCUT2D eigenvalue weighted by Gasteiger charge is 2.07. The van der Waals surface area contributed by atoms with Crippen LogP contribution in [-0.4, -0.2) is 24.6 Å². The molecule has 4 heteroatoms. The summed E-state index contributed by atoms with van der Waals surface area (Å²) in [4.78, 5) is 22.8. The molecule has 0 saturated carbocycles. The SMILES string of the molecule is CCCCC(C)OC(=O)/C=C/C(=O)OCCCC(C)C. The van der Waals surface area contributed by atoms with Crippen LogP contribution in [0.25, 0.3) is 0 Å². The molecule has 0 amide bonds. The van der Waals surface area contributed by atoms with Crippen LogP contribution in [0.2, 0.25) is 0 Å². The number of unbranched alkanes of at least 4 members (excludes halogenated alkanes) is 1. The molecule has 0 saturated heterocycles. The molecule has 0 aromatic heterocycles.